The maximum atomic E-state index is 12.7. The van der Waals surface area contributed by atoms with Crippen LogP contribution in [-0.2, 0) is 13.1 Å². The van der Waals surface area contributed by atoms with E-state index in [1.54, 1.807) is 31.2 Å². The molecule has 0 radical (unpaired) electrons. The third-order valence-electron chi connectivity index (χ3n) is 3.88. The van der Waals surface area contributed by atoms with Crippen molar-refractivity contribution in [2.45, 2.75) is 39.8 Å². The Morgan fingerprint density at radius 3 is 2.40 bits per heavy atom. The zero-order valence-electron chi connectivity index (χ0n) is 14.5. The average molecular weight is 345 g/mol. The second-order valence-corrected chi connectivity index (χ2v) is 5.72. The molecule has 0 aliphatic rings. The molecule has 0 unspecified atom stereocenters. The van der Waals surface area contributed by atoms with Gasteiger partial charge in [-0.15, -0.1) is 0 Å². The van der Waals surface area contributed by atoms with Gasteiger partial charge in [0.1, 0.15) is 0 Å². The van der Waals surface area contributed by atoms with Gasteiger partial charge in [-0.25, -0.2) is 4.79 Å². The number of benzene rings is 1. The number of carbonyl (C=O) groups is 1. The molecule has 0 saturated carbocycles. The second kappa shape index (κ2) is 8.32. The van der Waals surface area contributed by atoms with Gasteiger partial charge in [0.25, 0.3) is 11.5 Å². The molecule has 25 heavy (non-hydrogen) atoms. The highest BCUT2D eigenvalue weighted by molar-refractivity contribution is 5.95. The third-order valence-corrected chi connectivity index (χ3v) is 3.88. The molecule has 0 atom stereocenters. The maximum absolute atomic E-state index is 12.7. The molecule has 0 spiro atoms. The first-order valence-electron chi connectivity index (χ1n) is 8.39. The Bertz CT molecular complexity index is 853. The Balaban J connectivity index is 2.64. The van der Waals surface area contributed by atoms with Crippen molar-refractivity contribution >= 4 is 5.91 Å². The molecular formula is C18H23N3O4. The Kier molecular flexibility index (Phi) is 6.16. The number of unbranched alkanes of at least 4 members (excludes halogenated alkanes) is 1. The lowest BCUT2D eigenvalue weighted by atomic mass is 10.2. The summed E-state index contributed by atoms with van der Waals surface area (Å²) in [5.41, 5.74) is -1.04. The Morgan fingerprint density at radius 1 is 1.12 bits per heavy atom. The Morgan fingerprint density at radius 2 is 1.80 bits per heavy atom. The highest BCUT2D eigenvalue weighted by Crippen LogP contribution is 2.12. The lowest BCUT2D eigenvalue weighted by Crippen LogP contribution is -2.44. The highest BCUT2D eigenvalue weighted by Gasteiger charge is 2.23. The van der Waals surface area contributed by atoms with Gasteiger partial charge in [-0.1, -0.05) is 43.7 Å². The molecule has 7 heteroatoms. The van der Waals surface area contributed by atoms with Crippen LogP contribution in [0.15, 0.2) is 39.9 Å². The Hall–Kier alpha value is -2.83. The summed E-state index contributed by atoms with van der Waals surface area (Å²) < 4.78 is 2.09. The number of aromatic nitrogens is 2. The van der Waals surface area contributed by atoms with Crippen LogP contribution in [0.5, 0.6) is 5.88 Å². The Labute approximate surface area is 145 Å². The maximum Gasteiger partial charge on any atom is 0.334 e. The number of nitrogens with one attached hydrogen (secondary N) is 1. The fourth-order valence-electron chi connectivity index (χ4n) is 2.56. The predicted octanol–water partition coefficient (Wildman–Crippen LogP) is 1.31. The standard InChI is InChI=1S/C18H23N3O4/c1-3-5-11-20-16(23)14(15(22)19-4-2)17(24)21(18(20)25)12-13-9-7-6-8-10-13/h6-10,23H,3-5,11-12H2,1-2H3,(H,19,22). The van der Waals surface area contributed by atoms with Gasteiger partial charge < -0.3 is 10.4 Å². The normalized spacial score (nSPS) is 10.6. The van der Waals surface area contributed by atoms with E-state index in [0.717, 1.165) is 21.1 Å². The first-order chi connectivity index (χ1) is 12.0. The van der Waals surface area contributed by atoms with Crippen LogP contribution in [0.1, 0.15) is 42.6 Å². The van der Waals surface area contributed by atoms with E-state index in [9.17, 15) is 19.5 Å². The van der Waals surface area contributed by atoms with Gasteiger partial charge in [-0.05, 0) is 18.9 Å². The first-order valence-corrected chi connectivity index (χ1v) is 8.39. The molecule has 1 heterocycles. The van der Waals surface area contributed by atoms with Gasteiger partial charge in [-0.2, -0.15) is 0 Å². The molecule has 1 aromatic carbocycles. The second-order valence-electron chi connectivity index (χ2n) is 5.72. The smallest absolute Gasteiger partial charge is 0.334 e. The van der Waals surface area contributed by atoms with Crippen LogP contribution in [0.4, 0.5) is 0 Å². The summed E-state index contributed by atoms with van der Waals surface area (Å²) in [5.74, 6) is -1.25. The summed E-state index contributed by atoms with van der Waals surface area (Å²) in [6.07, 6.45) is 1.45. The monoisotopic (exact) mass is 345 g/mol. The van der Waals surface area contributed by atoms with Gasteiger partial charge in [0, 0.05) is 13.1 Å². The number of amides is 1. The molecule has 2 N–H and O–H groups in total. The summed E-state index contributed by atoms with van der Waals surface area (Å²) in [6.45, 7) is 4.25. The number of rotatable bonds is 7. The van der Waals surface area contributed by atoms with Crippen LogP contribution in [0, 0.1) is 0 Å². The molecule has 7 nitrogen and oxygen atoms in total. The van der Waals surface area contributed by atoms with Crippen molar-refractivity contribution in [1.82, 2.24) is 14.5 Å². The lowest BCUT2D eigenvalue weighted by Gasteiger charge is -2.15. The van der Waals surface area contributed by atoms with Crippen molar-refractivity contribution in [2.24, 2.45) is 0 Å². The number of aromatic hydroxyl groups is 1. The summed E-state index contributed by atoms with van der Waals surface area (Å²) in [5, 5.41) is 12.9. The third kappa shape index (κ3) is 3.99. The van der Waals surface area contributed by atoms with E-state index in [1.807, 2.05) is 13.0 Å². The van der Waals surface area contributed by atoms with Crippen LogP contribution in [0.3, 0.4) is 0 Å². The van der Waals surface area contributed by atoms with Crippen LogP contribution in [0.2, 0.25) is 0 Å². The van der Waals surface area contributed by atoms with Crippen molar-refractivity contribution in [3.05, 3.63) is 62.3 Å². The van der Waals surface area contributed by atoms with Crippen LogP contribution < -0.4 is 16.6 Å². The van der Waals surface area contributed by atoms with Gasteiger partial charge in [-0.3, -0.25) is 18.7 Å². The van der Waals surface area contributed by atoms with E-state index in [-0.39, 0.29) is 13.1 Å². The van der Waals surface area contributed by atoms with Crippen molar-refractivity contribution in [3.8, 4) is 5.88 Å². The van der Waals surface area contributed by atoms with Crippen LogP contribution in [0.25, 0.3) is 0 Å². The minimum absolute atomic E-state index is 0.0390. The van der Waals surface area contributed by atoms with Crippen molar-refractivity contribution in [2.75, 3.05) is 6.54 Å². The zero-order chi connectivity index (χ0) is 18.4. The van der Waals surface area contributed by atoms with E-state index in [4.69, 9.17) is 0 Å². The number of carbonyl (C=O) groups excluding carboxylic acids is 1. The van der Waals surface area contributed by atoms with Crippen molar-refractivity contribution < 1.29 is 9.90 Å². The molecule has 0 bridgehead atoms. The van der Waals surface area contributed by atoms with Gasteiger partial charge in [0.15, 0.2) is 5.56 Å². The van der Waals surface area contributed by atoms with Crippen LogP contribution in [-0.4, -0.2) is 26.7 Å². The molecule has 134 valence electrons. The molecule has 0 aliphatic carbocycles. The fraction of sp³-hybridized carbons (Fsp3) is 0.389. The summed E-state index contributed by atoms with van der Waals surface area (Å²) in [6, 6.07) is 9.03. The molecule has 2 rings (SSSR count). The van der Waals surface area contributed by atoms with Gasteiger partial charge in [0.05, 0.1) is 6.54 Å². The molecule has 0 saturated heterocycles. The highest BCUT2D eigenvalue weighted by atomic mass is 16.3. The fourth-order valence-corrected chi connectivity index (χ4v) is 2.56. The quantitative estimate of drug-likeness (QED) is 0.791. The lowest BCUT2D eigenvalue weighted by molar-refractivity contribution is 0.0948. The minimum Gasteiger partial charge on any atom is -0.494 e. The molecule has 1 amide bonds. The minimum atomic E-state index is -0.787. The molecule has 1 aromatic heterocycles. The summed E-state index contributed by atoms with van der Waals surface area (Å²) >= 11 is 0. The summed E-state index contributed by atoms with van der Waals surface area (Å²) in [7, 11) is 0. The SMILES string of the molecule is CCCCn1c(O)c(C(=O)NCC)c(=O)n(Cc2ccccc2)c1=O. The predicted molar refractivity (Wildman–Crippen MR) is 95.1 cm³/mol. The number of hydrogen-bond donors (Lipinski definition) is 2. The van der Waals surface area contributed by atoms with E-state index >= 15 is 0 Å². The largest absolute Gasteiger partial charge is 0.494 e. The topological polar surface area (TPSA) is 93.3 Å². The number of nitrogens with zero attached hydrogens (tertiary/aromatic N) is 2. The van der Waals surface area contributed by atoms with E-state index in [2.05, 4.69) is 5.32 Å². The van der Waals surface area contributed by atoms with E-state index < -0.39 is 28.6 Å². The van der Waals surface area contributed by atoms with E-state index in [1.165, 1.54) is 0 Å². The molecule has 0 fully saturated rings. The number of hydrogen-bond acceptors (Lipinski definition) is 4. The average Bonchev–Trinajstić information content (AvgIpc) is 2.60. The molecule has 0 aliphatic heterocycles. The van der Waals surface area contributed by atoms with Crippen LogP contribution >= 0.6 is 0 Å². The molecular weight excluding hydrogens is 322 g/mol. The van der Waals surface area contributed by atoms with Gasteiger partial charge in [0.2, 0.25) is 5.88 Å². The van der Waals surface area contributed by atoms with Crippen molar-refractivity contribution in [3.63, 3.8) is 0 Å². The van der Waals surface area contributed by atoms with Gasteiger partial charge >= 0.3 is 5.69 Å². The van der Waals surface area contributed by atoms with Crippen molar-refractivity contribution in [1.29, 1.82) is 0 Å². The zero-order valence-corrected chi connectivity index (χ0v) is 14.5. The van der Waals surface area contributed by atoms with E-state index in [0.29, 0.717) is 13.0 Å². The summed E-state index contributed by atoms with van der Waals surface area (Å²) in [4.78, 5) is 37.6. The first kappa shape index (κ1) is 18.5. The molecule has 2 aromatic rings.